The first kappa shape index (κ1) is 23.1. The molecular weight excluding hydrogens is 497 g/mol. The Morgan fingerprint density at radius 1 is 0.697 bits per heavy atom. The molecule has 4 rings (SSSR count). The number of rotatable bonds is 5. The van der Waals surface area contributed by atoms with Crippen molar-refractivity contribution in [1.29, 1.82) is 0 Å². The summed E-state index contributed by atoms with van der Waals surface area (Å²) in [5.41, 5.74) is 0.944. The van der Waals surface area contributed by atoms with Gasteiger partial charge in [0.05, 0.1) is 20.4 Å². The second-order valence-corrected chi connectivity index (χ2v) is 11.5. The van der Waals surface area contributed by atoms with Gasteiger partial charge in [0.15, 0.2) is 0 Å². The lowest BCUT2D eigenvalue weighted by Gasteiger charge is -2.04. The maximum atomic E-state index is 13.6. The highest BCUT2D eigenvalue weighted by Gasteiger charge is 2.27. The van der Waals surface area contributed by atoms with Crippen LogP contribution in [0.15, 0.2) is 80.9 Å². The van der Waals surface area contributed by atoms with Crippen molar-refractivity contribution in [2.45, 2.75) is 14.1 Å². The smallest absolute Gasteiger partial charge is 0.225 e. The summed E-state index contributed by atoms with van der Waals surface area (Å²) in [4.78, 5) is 3.74. The molecule has 0 unspecified atom stereocenters. The Balaban J connectivity index is 1.91. The molecule has 2 N–H and O–H groups in total. The third-order valence-electron chi connectivity index (χ3n) is 4.55. The molecule has 0 saturated carbocycles. The molecule has 0 saturated heterocycles. The summed E-state index contributed by atoms with van der Waals surface area (Å²) < 4.78 is 89.5. The Bertz CT molecular complexity index is 1550. The maximum Gasteiger partial charge on any atom is 0.238 e. The zero-order valence-electron chi connectivity index (χ0n) is 16.4. The lowest BCUT2D eigenvalue weighted by atomic mass is 10.1. The Morgan fingerprint density at radius 2 is 1.24 bits per heavy atom. The first-order valence-electron chi connectivity index (χ1n) is 9.06. The van der Waals surface area contributed by atoms with Gasteiger partial charge in [-0.1, -0.05) is 24.3 Å². The van der Waals surface area contributed by atoms with Crippen molar-refractivity contribution in [3.63, 3.8) is 0 Å². The molecule has 1 heterocycles. The molecule has 0 radical (unpaired) electrons. The quantitative estimate of drug-likeness (QED) is 0.429. The van der Waals surface area contributed by atoms with Crippen molar-refractivity contribution in [3.8, 4) is 21.7 Å². The highest BCUT2D eigenvalue weighted by atomic mass is 32.2. The number of primary sulfonamides is 1. The van der Waals surface area contributed by atoms with Crippen LogP contribution in [0, 0.1) is 17.5 Å². The molecular formula is C21H13F3N2O4S3. The van der Waals surface area contributed by atoms with Gasteiger partial charge in [-0.3, -0.25) is 0 Å². The van der Waals surface area contributed by atoms with Gasteiger partial charge in [-0.2, -0.15) is 0 Å². The van der Waals surface area contributed by atoms with E-state index < -0.39 is 46.5 Å². The molecule has 4 aromatic rings. The van der Waals surface area contributed by atoms with Gasteiger partial charge in [0.1, 0.15) is 17.5 Å². The molecule has 0 spiro atoms. The number of nitrogens with two attached hydrogens (primary N) is 1. The summed E-state index contributed by atoms with van der Waals surface area (Å²) in [5, 5.41) is 5.11. The van der Waals surface area contributed by atoms with Crippen molar-refractivity contribution in [2.75, 3.05) is 0 Å². The third-order valence-corrected chi connectivity index (χ3v) is 8.69. The fourth-order valence-corrected chi connectivity index (χ4v) is 6.26. The number of sulfonamides is 1. The average molecular weight is 511 g/mol. The molecule has 12 heteroatoms. The van der Waals surface area contributed by atoms with E-state index >= 15 is 0 Å². The lowest BCUT2D eigenvalue weighted by Crippen LogP contribution is -2.11. The number of sulfone groups is 1. The summed E-state index contributed by atoms with van der Waals surface area (Å²) in [6.45, 7) is 0. The molecule has 0 bridgehead atoms. The molecule has 0 aliphatic rings. The molecule has 3 aromatic carbocycles. The summed E-state index contributed by atoms with van der Waals surface area (Å²) >= 11 is 0.727. The van der Waals surface area contributed by atoms with Gasteiger partial charge in [-0.05, 0) is 42.0 Å². The zero-order valence-corrected chi connectivity index (χ0v) is 18.8. The predicted molar refractivity (Wildman–Crippen MR) is 116 cm³/mol. The Morgan fingerprint density at radius 3 is 1.79 bits per heavy atom. The summed E-state index contributed by atoms with van der Waals surface area (Å²) in [7, 11) is -8.36. The van der Waals surface area contributed by atoms with Crippen LogP contribution in [0.2, 0.25) is 0 Å². The molecule has 170 valence electrons. The number of nitrogens with zero attached hydrogens (tertiary/aromatic N) is 1. The van der Waals surface area contributed by atoms with Crippen molar-refractivity contribution < 1.29 is 30.0 Å². The number of aromatic nitrogens is 1. The fourth-order valence-electron chi connectivity index (χ4n) is 3.00. The van der Waals surface area contributed by atoms with E-state index in [1.165, 1.54) is 48.5 Å². The minimum atomic E-state index is -4.40. The monoisotopic (exact) mass is 510 g/mol. The first-order chi connectivity index (χ1) is 15.4. The second-order valence-electron chi connectivity index (χ2n) is 6.84. The van der Waals surface area contributed by atoms with Crippen molar-refractivity contribution in [3.05, 3.63) is 84.2 Å². The Hall–Kier alpha value is -3.06. The fraction of sp³-hybridized carbons (Fsp3) is 0. The van der Waals surface area contributed by atoms with E-state index in [1.807, 2.05) is 0 Å². The molecule has 6 nitrogen and oxygen atoms in total. The topological polar surface area (TPSA) is 107 Å². The molecule has 0 atom stereocenters. The summed E-state index contributed by atoms with van der Waals surface area (Å²) in [6, 6.07) is 12.3. The lowest BCUT2D eigenvalue weighted by molar-refractivity contribution is 0.567. The standard InChI is InChI=1S/C21H13F3N2O4S3/c22-14-5-1-13(2-6-14)20-19(12-3-7-17(8-4-12)33(25,29)30)26-21(31-20)32(27,28)18-10-15(23)9-16(24)11-18/h1-11H,(H2,25,29,30). The number of thiazole rings is 1. The molecule has 0 aliphatic heterocycles. The van der Waals surface area contributed by atoms with Crippen LogP contribution in [-0.4, -0.2) is 21.8 Å². The van der Waals surface area contributed by atoms with Gasteiger partial charge in [0, 0.05) is 11.6 Å². The van der Waals surface area contributed by atoms with Crippen LogP contribution in [0.5, 0.6) is 0 Å². The second kappa shape index (κ2) is 8.37. The van der Waals surface area contributed by atoms with Crippen LogP contribution < -0.4 is 5.14 Å². The van der Waals surface area contributed by atoms with Crippen LogP contribution in [-0.2, 0) is 19.9 Å². The molecule has 0 amide bonds. The van der Waals surface area contributed by atoms with Crippen molar-refractivity contribution in [2.24, 2.45) is 5.14 Å². The highest BCUT2D eigenvalue weighted by molar-refractivity contribution is 7.93. The number of hydrogen-bond acceptors (Lipinski definition) is 6. The van der Waals surface area contributed by atoms with E-state index in [-0.39, 0.29) is 10.6 Å². The Kier molecular flexibility index (Phi) is 5.86. The van der Waals surface area contributed by atoms with Crippen LogP contribution in [0.25, 0.3) is 21.7 Å². The van der Waals surface area contributed by atoms with E-state index in [1.54, 1.807) is 0 Å². The minimum absolute atomic E-state index is 0.156. The predicted octanol–water partition coefficient (Wildman–Crippen LogP) is 4.37. The first-order valence-corrected chi connectivity index (χ1v) is 12.9. The normalized spacial score (nSPS) is 12.1. The van der Waals surface area contributed by atoms with Gasteiger partial charge in [-0.25, -0.2) is 40.1 Å². The van der Waals surface area contributed by atoms with Gasteiger partial charge in [0.25, 0.3) is 0 Å². The number of benzene rings is 3. The summed E-state index contributed by atoms with van der Waals surface area (Å²) in [5.74, 6) is -2.64. The van der Waals surface area contributed by atoms with Gasteiger partial charge in [0.2, 0.25) is 24.2 Å². The maximum absolute atomic E-state index is 13.6. The minimum Gasteiger partial charge on any atom is -0.225 e. The van der Waals surface area contributed by atoms with Crippen LogP contribution in [0.3, 0.4) is 0 Å². The van der Waals surface area contributed by atoms with Gasteiger partial charge >= 0.3 is 0 Å². The Labute approximate surface area is 191 Å². The molecule has 1 aromatic heterocycles. The van der Waals surface area contributed by atoms with E-state index in [0.717, 1.165) is 11.3 Å². The SMILES string of the molecule is NS(=O)(=O)c1ccc(-c2nc(S(=O)(=O)c3cc(F)cc(F)c3)sc2-c2ccc(F)cc2)cc1. The van der Waals surface area contributed by atoms with Crippen LogP contribution in [0.1, 0.15) is 0 Å². The highest BCUT2D eigenvalue weighted by Crippen LogP contribution is 2.40. The molecule has 0 aliphatic carbocycles. The van der Waals surface area contributed by atoms with Crippen LogP contribution in [0.4, 0.5) is 13.2 Å². The number of hydrogen-bond donors (Lipinski definition) is 1. The van der Waals surface area contributed by atoms with E-state index in [0.29, 0.717) is 34.2 Å². The molecule has 33 heavy (non-hydrogen) atoms. The third kappa shape index (κ3) is 4.69. The van der Waals surface area contributed by atoms with Gasteiger partial charge < -0.3 is 0 Å². The van der Waals surface area contributed by atoms with Crippen LogP contribution >= 0.6 is 11.3 Å². The molecule has 0 fully saturated rings. The zero-order chi connectivity index (χ0) is 24.0. The summed E-state index contributed by atoms with van der Waals surface area (Å²) in [6.07, 6.45) is 0. The van der Waals surface area contributed by atoms with E-state index in [4.69, 9.17) is 5.14 Å². The largest absolute Gasteiger partial charge is 0.238 e. The van der Waals surface area contributed by atoms with Crippen molar-refractivity contribution in [1.82, 2.24) is 4.98 Å². The average Bonchev–Trinajstić information content (AvgIpc) is 3.19. The van der Waals surface area contributed by atoms with E-state index in [9.17, 15) is 30.0 Å². The van der Waals surface area contributed by atoms with E-state index in [2.05, 4.69) is 4.98 Å². The van der Waals surface area contributed by atoms with Gasteiger partial charge in [-0.15, -0.1) is 11.3 Å². The number of halogens is 3. The van der Waals surface area contributed by atoms with Crippen molar-refractivity contribution >= 4 is 31.2 Å².